The fourth-order valence-corrected chi connectivity index (χ4v) is 20.5. The minimum absolute atomic E-state index is 0.00259. The number of aromatic nitrogens is 16. The molecule has 0 aliphatic heterocycles. The van der Waals surface area contributed by atoms with Gasteiger partial charge in [-0.15, -0.1) is 0 Å². The molecular weight excluding hydrogens is 2070 g/mol. The maximum Gasteiger partial charge on any atom is 0.356 e. The van der Waals surface area contributed by atoms with Gasteiger partial charge in [0, 0.05) is 66.8 Å². The summed E-state index contributed by atoms with van der Waals surface area (Å²) >= 11 is 3.08. The zero-order valence-electron chi connectivity index (χ0n) is 81.5. The lowest BCUT2D eigenvalue weighted by molar-refractivity contribution is 0.108. The van der Waals surface area contributed by atoms with E-state index in [1.807, 2.05) is 75.4 Å². The Morgan fingerprint density at radius 2 is 0.642 bits per heavy atom. The molecule has 786 valence electrons. The predicted molar refractivity (Wildman–Crippen MR) is 557 cm³/mol. The number of H-pyrrole nitrogens is 4. The average Bonchev–Trinajstić information content (AvgIpc) is 1.67. The number of carbonyl (C=O) groups is 3. The number of nitrogen functional groups attached to an aromatic ring is 4. The van der Waals surface area contributed by atoms with E-state index in [1.54, 1.807) is 125 Å². The molecule has 0 fully saturated rings. The molecule has 4 unspecified atom stereocenters. The number of hydrogen-bond acceptors (Lipinski definition) is 38. The van der Waals surface area contributed by atoms with E-state index in [1.165, 1.54) is 50.6 Å². The molecule has 43 nitrogen and oxygen atoms in total. The summed E-state index contributed by atoms with van der Waals surface area (Å²) in [5, 5.41) is -0.461. The molecule has 0 aliphatic carbocycles. The molecule has 12 N–H and O–H groups in total. The molecule has 8 aromatic heterocycles. The molecule has 148 heavy (non-hydrogen) atoms. The number of ether oxygens (including phenoxy) is 5. The van der Waals surface area contributed by atoms with Gasteiger partial charge in [0.2, 0.25) is 46.5 Å². The number of hydrogen-bond donors (Lipinski definition) is 8. The van der Waals surface area contributed by atoms with Crippen molar-refractivity contribution < 1.29 is 101 Å². The first-order valence-corrected chi connectivity index (χ1v) is 55.8. The number of rotatable bonds is 48. The minimum Gasteiger partial charge on any atom is -0.496 e. The number of nitrogens with zero attached hydrogens (tertiary/aromatic N) is 12. The Labute approximate surface area is 857 Å². The van der Waals surface area contributed by atoms with Crippen molar-refractivity contribution in [2.75, 3.05) is 126 Å². The molecule has 0 spiro atoms. The number of anilines is 4. The first kappa shape index (κ1) is 114. The normalized spacial score (nSPS) is 13.1. The van der Waals surface area contributed by atoms with Gasteiger partial charge >= 0.3 is 22.8 Å². The molecule has 15 aromatic rings. The van der Waals surface area contributed by atoms with Crippen molar-refractivity contribution in [1.29, 1.82) is 0 Å². The fraction of sp³-hybridized carbons (Fsp3) is 0.316. The van der Waals surface area contributed by atoms with E-state index < -0.39 is 70.6 Å². The van der Waals surface area contributed by atoms with Crippen molar-refractivity contribution in [2.45, 2.75) is 94.1 Å². The minimum atomic E-state index is -3.84. The van der Waals surface area contributed by atoms with Crippen LogP contribution in [0.1, 0.15) is 86.7 Å². The van der Waals surface area contributed by atoms with Gasteiger partial charge in [0.15, 0.2) is 44.7 Å². The van der Waals surface area contributed by atoms with E-state index >= 15 is 0 Å². The molecule has 0 saturated heterocycles. The summed E-state index contributed by atoms with van der Waals surface area (Å²) in [6.45, 7) is 13.4. The molecule has 0 radical (unpaired) electrons. The largest absolute Gasteiger partial charge is 0.496 e. The van der Waals surface area contributed by atoms with Crippen LogP contribution < -0.4 is 49.9 Å². The van der Waals surface area contributed by atoms with Gasteiger partial charge in [-0.25, -0.2) is 33.1 Å². The number of aryl methyl sites for hydroxylation is 6. The Balaban J connectivity index is 0.000000177. The van der Waals surface area contributed by atoms with Gasteiger partial charge in [-0.3, -0.25) is 71.8 Å². The van der Waals surface area contributed by atoms with E-state index in [9.17, 15) is 65.0 Å². The topological polar surface area (TPSA) is 589 Å². The van der Waals surface area contributed by atoms with Crippen molar-refractivity contribution in [3.63, 3.8) is 0 Å². The number of nitrogens with one attached hydrogen (secondary N) is 4. The van der Waals surface area contributed by atoms with Crippen molar-refractivity contribution in [1.82, 2.24) is 78.1 Å². The quantitative estimate of drug-likeness (QED) is 0.0130. The number of imidazole rings is 4. The third kappa shape index (κ3) is 34.2. The number of carbonyl (C=O) groups excluding carboxylic acids is 3. The summed E-state index contributed by atoms with van der Waals surface area (Å²) in [7, 11) is -12.8. The van der Waals surface area contributed by atoms with E-state index in [0.29, 0.717) is 68.0 Å². The maximum absolute atomic E-state index is 14.0. The monoisotopic (exact) mass is 2170 g/mol. The van der Waals surface area contributed by atoms with Crippen LogP contribution in [-0.2, 0) is 121 Å². The van der Waals surface area contributed by atoms with Gasteiger partial charge in [0.1, 0.15) is 48.6 Å². The average molecular weight is 2180 g/mol. The summed E-state index contributed by atoms with van der Waals surface area (Å²) in [4.78, 5) is 127. The highest BCUT2D eigenvalue weighted by atomic mass is 32.2. The number of benzene rings is 7. The summed E-state index contributed by atoms with van der Waals surface area (Å²) in [6, 6.07) is 42.8. The second-order valence-electron chi connectivity index (χ2n) is 32.9. The van der Waals surface area contributed by atoms with Gasteiger partial charge in [0.25, 0.3) is 22.2 Å². The van der Waals surface area contributed by atoms with E-state index in [4.69, 9.17) is 78.3 Å². The van der Waals surface area contributed by atoms with Gasteiger partial charge < -0.3 is 96.6 Å². The Morgan fingerprint density at radius 3 is 0.953 bits per heavy atom. The molecule has 53 heteroatoms. The highest BCUT2D eigenvalue weighted by Gasteiger charge is 2.31. The lowest BCUT2D eigenvalue weighted by Gasteiger charge is -2.19. The molecule has 0 amide bonds. The van der Waals surface area contributed by atoms with Crippen LogP contribution in [0.5, 0.6) is 5.75 Å². The molecule has 7 aromatic carbocycles. The first-order chi connectivity index (χ1) is 70.8. The van der Waals surface area contributed by atoms with Crippen LogP contribution in [0.3, 0.4) is 0 Å². The fourth-order valence-electron chi connectivity index (χ4n) is 13.3. The molecule has 15 rings (SSSR count). The predicted octanol–water partition coefficient (Wildman–Crippen LogP) is 15.1. The number of methoxy groups -OCH3 is 1. The molecule has 0 aliphatic rings. The Hall–Kier alpha value is -12.7. The van der Waals surface area contributed by atoms with Gasteiger partial charge in [-0.1, -0.05) is 168 Å². The van der Waals surface area contributed by atoms with Gasteiger partial charge in [0.05, 0.1) is 105 Å². The zero-order chi connectivity index (χ0) is 106. The van der Waals surface area contributed by atoms with Crippen LogP contribution in [0, 0.1) is 59.0 Å². The van der Waals surface area contributed by atoms with Crippen LogP contribution in [0.25, 0.3) is 44.7 Å². The number of halogens is 3. The number of aromatic amines is 4. The summed E-state index contributed by atoms with van der Waals surface area (Å²) in [5.41, 5.74) is 30.9. The van der Waals surface area contributed by atoms with E-state index in [2.05, 4.69) is 59.8 Å². The van der Waals surface area contributed by atoms with Crippen molar-refractivity contribution in [2.24, 2.45) is 0 Å². The smallest absolute Gasteiger partial charge is 0.356 e. The summed E-state index contributed by atoms with van der Waals surface area (Å²) < 4.78 is 168. The SMILES string of the molecule is COc1cc(C(=O)SCCOP(=O)(COCCn2cnc3c(=O)[nH]c(N)nc32)OCc2ccc(C)c(F)c2)ccc1C.CP(=O)(COCCn1cnc2c(=O)[nH]c(N)nc21)OCc1ccccc1.Cc1ccc(C(=O)SCCOP(=O)(COCCn2cnc3c(=O)[nH]c(N)nc32)OCc2ccc(C)c(F)c2)cc1.Cc1ccc(C(=O)SCCOP(=O)(COCCn2cnc3c(=O)[nH]c(N)nc32)OCc2ccc(C)c(F)c2)cc1. The molecule has 0 saturated carbocycles. The number of nitrogens with two attached hydrogens (primary N) is 4. The van der Waals surface area contributed by atoms with Crippen molar-refractivity contribution in [3.8, 4) is 5.75 Å². The van der Waals surface area contributed by atoms with Crippen molar-refractivity contribution in [3.05, 3.63) is 308 Å². The number of fused-ring (bicyclic) bond motifs is 4. The Morgan fingerprint density at radius 1 is 0.351 bits per heavy atom. The van der Waals surface area contributed by atoms with Crippen LogP contribution in [0.2, 0.25) is 0 Å². The molecule has 0 bridgehead atoms. The lowest BCUT2D eigenvalue weighted by Crippen LogP contribution is -2.13. The lowest BCUT2D eigenvalue weighted by atomic mass is 10.1. The summed E-state index contributed by atoms with van der Waals surface area (Å²) in [5.74, 6) is -0.0469. The summed E-state index contributed by atoms with van der Waals surface area (Å²) in [6.07, 6.45) is 4.59. The van der Waals surface area contributed by atoms with Crippen molar-refractivity contribution >= 4 is 149 Å². The highest BCUT2D eigenvalue weighted by Crippen LogP contribution is 2.52. The number of thioether (sulfide) groups is 3. The first-order valence-electron chi connectivity index (χ1n) is 45.4. The van der Waals surface area contributed by atoms with Gasteiger partial charge in [-0.2, -0.15) is 19.9 Å². The third-order valence-electron chi connectivity index (χ3n) is 21.3. The molecule has 4 atom stereocenters. The second kappa shape index (κ2) is 54.5. The molecular formula is C95H109F3N20O23P4S3. The standard InChI is InChI=1S/C27H31FN5O7PS.2C26H29FN5O6PS.C16H20N5O4P/c1-17-4-6-19(12-21(17)28)14-40-41(36,39-10-11-42-26(35)20-7-5-18(2)22(13-20)37-3)16-38-9-8-33-15-30-23-24(33)31-27(29)32-25(23)34;2*1-17-3-7-20(8-4-17)25(34)40-12-11-37-39(35,38-14-19-6-5-18(2)21(27)13-19)16-36-10-9-32-15-29-22-23(32)30-26(28)31-24(22)33;1-26(23,25-9-12-5-3-2-4-6-12)11-24-8-7-21-10-18-13-14(21)19-16(17)20-15(13)22/h4-7,12-13,15H,8-11,14,16H2,1-3H3,(H3,29,31,32,34);2*3-8,13,15H,9-12,14,16H2,1-2H3,(H3,28,30,31,33);2-6,10H,7-9,11H2,1H3,(H3,17,19,20,22). The van der Waals surface area contributed by atoms with E-state index in [-0.39, 0.29) is 212 Å². The highest BCUT2D eigenvalue weighted by molar-refractivity contribution is 8.14. The third-order valence-corrected chi connectivity index (χ3v) is 30.0. The van der Waals surface area contributed by atoms with Crippen LogP contribution in [-0.4, -0.2) is 196 Å². The molecule has 8 heterocycles. The van der Waals surface area contributed by atoms with Crippen LogP contribution in [0.4, 0.5) is 37.0 Å². The Bertz CT molecular complexity index is 7360. The van der Waals surface area contributed by atoms with Crippen LogP contribution >= 0.6 is 65.4 Å². The van der Waals surface area contributed by atoms with E-state index in [0.717, 1.165) is 57.5 Å². The van der Waals surface area contributed by atoms with Gasteiger partial charge in [-0.05, 0) is 116 Å². The zero-order valence-corrected chi connectivity index (χ0v) is 87.5. The Kier molecular flexibility index (Phi) is 41.9. The van der Waals surface area contributed by atoms with Crippen LogP contribution in [0.15, 0.2) is 196 Å². The second-order valence-corrected chi connectivity index (χ2v) is 44.6. The maximum atomic E-state index is 14.0.